The van der Waals surface area contributed by atoms with E-state index in [-0.39, 0.29) is 24.0 Å². The number of sulfonamides is 1. The number of nitrogens with one attached hydrogen (secondary N) is 1. The molecular formula is C13H19BrFNO3S. The van der Waals surface area contributed by atoms with Gasteiger partial charge in [-0.25, -0.2) is 17.5 Å². The molecule has 1 atom stereocenters. The van der Waals surface area contributed by atoms with Gasteiger partial charge in [-0.05, 0) is 37.0 Å². The Morgan fingerprint density at radius 1 is 1.40 bits per heavy atom. The zero-order valence-corrected chi connectivity index (χ0v) is 13.7. The second-order valence-corrected chi connectivity index (χ2v) is 7.24. The lowest BCUT2D eigenvalue weighted by Crippen LogP contribution is -2.30. The number of hydrogen-bond acceptors (Lipinski definition) is 3. The first-order chi connectivity index (χ1) is 9.40. The first-order valence-corrected chi connectivity index (χ1v) is 8.74. The van der Waals surface area contributed by atoms with E-state index in [1.807, 2.05) is 6.92 Å². The summed E-state index contributed by atoms with van der Waals surface area (Å²) in [6.45, 7) is 2.21. The third-order valence-electron chi connectivity index (χ3n) is 2.98. The quantitative estimate of drug-likeness (QED) is 0.742. The van der Waals surface area contributed by atoms with Gasteiger partial charge in [0.15, 0.2) is 0 Å². The molecule has 0 bridgehead atoms. The maximum Gasteiger partial charge on any atom is 0.243 e. The summed E-state index contributed by atoms with van der Waals surface area (Å²) in [4.78, 5) is -0.361. The molecule has 2 N–H and O–H groups in total. The van der Waals surface area contributed by atoms with E-state index in [1.54, 1.807) is 0 Å². The van der Waals surface area contributed by atoms with Gasteiger partial charge in [0.1, 0.15) is 10.7 Å². The standard InChI is InChI=1S/C13H19BrFNO3S/c1-2-3-10(6-7-17)9-16-20(18,19)13-5-4-11(14)8-12(13)15/h4-5,8,10,16-17H,2-3,6-7,9H2,1H3. The van der Waals surface area contributed by atoms with Gasteiger partial charge in [0, 0.05) is 17.6 Å². The number of hydrogen-bond donors (Lipinski definition) is 2. The number of aliphatic hydroxyl groups is 1. The molecule has 1 aromatic carbocycles. The van der Waals surface area contributed by atoms with Crippen LogP contribution in [-0.4, -0.2) is 26.7 Å². The maximum absolute atomic E-state index is 13.7. The van der Waals surface area contributed by atoms with Crippen LogP contribution < -0.4 is 4.72 Å². The molecule has 0 fully saturated rings. The predicted molar refractivity (Wildman–Crippen MR) is 79.4 cm³/mol. The molecule has 114 valence electrons. The third kappa shape index (κ3) is 5.12. The van der Waals surface area contributed by atoms with Gasteiger partial charge in [-0.15, -0.1) is 0 Å². The van der Waals surface area contributed by atoms with Crippen molar-refractivity contribution in [3.8, 4) is 0 Å². The molecule has 0 saturated heterocycles. The minimum Gasteiger partial charge on any atom is -0.396 e. The number of rotatable bonds is 8. The van der Waals surface area contributed by atoms with E-state index in [9.17, 15) is 12.8 Å². The van der Waals surface area contributed by atoms with Gasteiger partial charge < -0.3 is 5.11 Å². The molecule has 0 aromatic heterocycles. The fourth-order valence-corrected chi connectivity index (χ4v) is 3.44. The lowest BCUT2D eigenvalue weighted by molar-refractivity contribution is 0.251. The van der Waals surface area contributed by atoms with Gasteiger partial charge in [-0.2, -0.15) is 0 Å². The van der Waals surface area contributed by atoms with Gasteiger partial charge in [0.2, 0.25) is 10.0 Å². The van der Waals surface area contributed by atoms with E-state index in [2.05, 4.69) is 20.7 Å². The Morgan fingerprint density at radius 2 is 2.10 bits per heavy atom. The van der Waals surface area contributed by atoms with Crippen molar-refractivity contribution in [3.05, 3.63) is 28.5 Å². The van der Waals surface area contributed by atoms with Crippen LogP contribution in [0.2, 0.25) is 0 Å². The highest BCUT2D eigenvalue weighted by molar-refractivity contribution is 9.10. The summed E-state index contributed by atoms with van der Waals surface area (Å²) in [5.41, 5.74) is 0. The molecule has 1 rings (SSSR count). The van der Waals surface area contributed by atoms with E-state index < -0.39 is 15.8 Å². The zero-order valence-electron chi connectivity index (χ0n) is 11.3. The van der Waals surface area contributed by atoms with Crippen molar-refractivity contribution in [2.45, 2.75) is 31.1 Å². The molecule has 4 nitrogen and oxygen atoms in total. The molecule has 20 heavy (non-hydrogen) atoms. The molecule has 0 amide bonds. The molecule has 7 heteroatoms. The fraction of sp³-hybridized carbons (Fsp3) is 0.538. The smallest absolute Gasteiger partial charge is 0.243 e. The topological polar surface area (TPSA) is 66.4 Å². The number of halogens is 2. The second kappa shape index (κ2) is 8.07. The SMILES string of the molecule is CCCC(CCO)CNS(=O)(=O)c1ccc(Br)cc1F. The van der Waals surface area contributed by atoms with E-state index in [1.165, 1.54) is 12.1 Å². The monoisotopic (exact) mass is 367 g/mol. The van der Waals surface area contributed by atoms with E-state index in [0.29, 0.717) is 10.9 Å². The van der Waals surface area contributed by atoms with Crippen molar-refractivity contribution in [1.29, 1.82) is 0 Å². The van der Waals surface area contributed by atoms with Crippen LogP contribution in [0.5, 0.6) is 0 Å². The first-order valence-electron chi connectivity index (χ1n) is 6.46. The summed E-state index contributed by atoms with van der Waals surface area (Å²) in [5, 5.41) is 8.94. The Hall–Kier alpha value is -0.500. The Balaban J connectivity index is 2.78. The van der Waals surface area contributed by atoms with Crippen LogP contribution >= 0.6 is 15.9 Å². The summed E-state index contributed by atoms with van der Waals surface area (Å²) in [5.74, 6) is -0.737. The summed E-state index contributed by atoms with van der Waals surface area (Å²) in [6, 6.07) is 3.82. The Bertz CT molecular complexity index is 530. The van der Waals surface area contributed by atoms with Crippen LogP contribution in [0.25, 0.3) is 0 Å². The van der Waals surface area contributed by atoms with Crippen molar-refractivity contribution < 1.29 is 17.9 Å². The molecule has 0 aliphatic rings. The summed E-state index contributed by atoms with van der Waals surface area (Å²) in [6.07, 6.45) is 2.24. The van der Waals surface area contributed by atoms with Crippen LogP contribution in [0, 0.1) is 11.7 Å². The van der Waals surface area contributed by atoms with Crippen LogP contribution in [0.4, 0.5) is 4.39 Å². The summed E-state index contributed by atoms with van der Waals surface area (Å²) < 4.78 is 40.7. The van der Waals surface area contributed by atoms with Crippen molar-refractivity contribution in [2.24, 2.45) is 5.92 Å². The molecule has 0 aliphatic heterocycles. The largest absolute Gasteiger partial charge is 0.396 e. The molecule has 0 spiro atoms. The average molecular weight is 368 g/mol. The maximum atomic E-state index is 13.7. The molecule has 1 unspecified atom stereocenters. The van der Waals surface area contributed by atoms with Crippen LogP contribution in [0.3, 0.4) is 0 Å². The third-order valence-corrected chi connectivity index (χ3v) is 4.93. The second-order valence-electron chi connectivity index (χ2n) is 4.59. The van der Waals surface area contributed by atoms with Gasteiger partial charge in [-0.3, -0.25) is 0 Å². The van der Waals surface area contributed by atoms with Gasteiger partial charge in [0.05, 0.1) is 0 Å². The number of aliphatic hydroxyl groups excluding tert-OH is 1. The summed E-state index contributed by atoms with van der Waals surface area (Å²) in [7, 11) is -3.87. The van der Waals surface area contributed by atoms with Crippen LogP contribution in [-0.2, 0) is 10.0 Å². The lowest BCUT2D eigenvalue weighted by atomic mass is 10.0. The molecular weight excluding hydrogens is 349 g/mol. The Labute approximate surface area is 127 Å². The van der Waals surface area contributed by atoms with Crippen LogP contribution in [0.15, 0.2) is 27.6 Å². The Morgan fingerprint density at radius 3 is 2.65 bits per heavy atom. The molecule has 0 radical (unpaired) electrons. The van der Waals surface area contributed by atoms with Gasteiger partial charge >= 0.3 is 0 Å². The minimum absolute atomic E-state index is 0.0129. The van der Waals surface area contributed by atoms with Crippen molar-refractivity contribution in [1.82, 2.24) is 4.72 Å². The fourth-order valence-electron chi connectivity index (χ4n) is 1.94. The number of benzene rings is 1. The van der Waals surface area contributed by atoms with E-state index in [0.717, 1.165) is 18.9 Å². The highest BCUT2D eigenvalue weighted by Gasteiger charge is 2.20. The highest BCUT2D eigenvalue weighted by atomic mass is 79.9. The lowest BCUT2D eigenvalue weighted by Gasteiger charge is -2.16. The van der Waals surface area contributed by atoms with Crippen molar-refractivity contribution in [3.63, 3.8) is 0 Å². The normalized spacial score (nSPS) is 13.4. The molecule has 0 saturated carbocycles. The summed E-state index contributed by atoms with van der Waals surface area (Å²) >= 11 is 3.08. The van der Waals surface area contributed by atoms with E-state index >= 15 is 0 Å². The molecule has 0 heterocycles. The van der Waals surface area contributed by atoms with Crippen molar-refractivity contribution in [2.75, 3.05) is 13.2 Å². The zero-order chi connectivity index (χ0) is 15.2. The Kier molecular flexibility index (Phi) is 7.08. The van der Waals surface area contributed by atoms with Crippen LogP contribution in [0.1, 0.15) is 26.2 Å². The van der Waals surface area contributed by atoms with Gasteiger partial charge in [-0.1, -0.05) is 29.3 Å². The predicted octanol–water partition coefficient (Wildman–Crippen LogP) is 2.67. The molecule has 0 aliphatic carbocycles. The minimum atomic E-state index is -3.87. The first kappa shape index (κ1) is 17.6. The van der Waals surface area contributed by atoms with Crippen molar-refractivity contribution >= 4 is 26.0 Å². The highest BCUT2D eigenvalue weighted by Crippen LogP contribution is 2.20. The average Bonchev–Trinajstić information content (AvgIpc) is 2.36. The van der Waals surface area contributed by atoms with Gasteiger partial charge in [0.25, 0.3) is 0 Å². The molecule has 1 aromatic rings. The van der Waals surface area contributed by atoms with E-state index in [4.69, 9.17) is 5.11 Å².